The highest BCUT2D eigenvalue weighted by atomic mass is 19.1. The number of rotatable bonds is 2. The van der Waals surface area contributed by atoms with E-state index in [1.54, 1.807) is 0 Å². The molecule has 2 atom stereocenters. The summed E-state index contributed by atoms with van der Waals surface area (Å²) in [5.74, 6) is 0.190. The molecule has 1 aliphatic heterocycles. The van der Waals surface area contributed by atoms with E-state index >= 15 is 0 Å². The molecule has 0 spiro atoms. The second kappa shape index (κ2) is 6.59. The quantitative estimate of drug-likeness (QED) is 0.606. The van der Waals surface area contributed by atoms with Crippen LogP contribution in [0.4, 0.5) is 4.39 Å². The first-order valence-corrected chi connectivity index (χ1v) is 4.56. The van der Waals surface area contributed by atoms with Crippen molar-refractivity contribution in [3.8, 4) is 0 Å². The third kappa shape index (κ3) is 3.71. The molecule has 1 fully saturated rings. The molecule has 1 saturated heterocycles. The number of hydrogen-bond donors (Lipinski definition) is 0. The molecule has 1 nitrogen and oxygen atoms in total. The predicted molar refractivity (Wildman–Crippen MR) is 45.5 cm³/mol. The molecule has 0 aromatic rings. The van der Waals surface area contributed by atoms with Crippen molar-refractivity contribution in [1.82, 2.24) is 0 Å². The summed E-state index contributed by atoms with van der Waals surface area (Å²) in [6.45, 7) is 7.27. The van der Waals surface area contributed by atoms with E-state index in [4.69, 9.17) is 4.74 Å². The summed E-state index contributed by atoms with van der Waals surface area (Å²) in [6, 6.07) is 0. The maximum Gasteiger partial charge on any atom is 0.105 e. The number of alkyl halides is 1. The normalized spacial score (nSPS) is 25.6. The molecule has 68 valence electrons. The molecule has 1 aliphatic rings. The van der Waals surface area contributed by atoms with E-state index in [9.17, 15) is 4.39 Å². The predicted octanol–water partition coefficient (Wildman–Crippen LogP) is 2.80. The van der Waals surface area contributed by atoms with Gasteiger partial charge >= 0.3 is 0 Å². The van der Waals surface area contributed by atoms with Crippen LogP contribution >= 0.6 is 0 Å². The van der Waals surface area contributed by atoms with Crippen LogP contribution in [-0.2, 0) is 4.74 Å². The lowest BCUT2D eigenvalue weighted by Crippen LogP contribution is -2.14. The fourth-order valence-electron chi connectivity index (χ4n) is 1.17. The Morgan fingerprint density at radius 2 is 2.18 bits per heavy atom. The summed E-state index contributed by atoms with van der Waals surface area (Å²) in [4.78, 5) is 0. The van der Waals surface area contributed by atoms with Gasteiger partial charge in [-0.15, -0.1) is 0 Å². The van der Waals surface area contributed by atoms with E-state index in [-0.39, 0.29) is 5.92 Å². The van der Waals surface area contributed by atoms with Crippen molar-refractivity contribution in [2.24, 2.45) is 5.92 Å². The monoisotopic (exact) mass is 162 g/mol. The Kier molecular flexibility index (Phi) is 6.52. The van der Waals surface area contributed by atoms with Gasteiger partial charge < -0.3 is 4.74 Å². The average Bonchev–Trinajstić information content (AvgIpc) is 2.59. The second-order valence-corrected chi connectivity index (χ2v) is 2.55. The maximum absolute atomic E-state index is 12.8. The zero-order chi connectivity index (χ0) is 8.69. The van der Waals surface area contributed by atoms with E-state index in [1.807, 2.05) is 20.8 Å². The van der Waals surface area contributed by atoms with E-state index in [2.05, 4.69) is 0 Å². The van der Waals surface area contributed by atoms with Gasteiger partial charge in [0.25, 0.3) is 0 Å². The van der Waals surface area contributed by atoms with Gasteiger partial charge in [-0.3, -0.25) is 0 Å². The lowest BCUT2D eigenvalue weighted by atomic mass is 10.0. The molecule has 2 unspecified atom stereocenters. The molecule has 0 aliphatic carbocycles. The highest BCUT2D eigenvalue weighted by Crippen LogP contribution is 2.20. The summed E-state index contributed by atoms with van der Waals surface area (Å²) < 4.78 is 17.8. The molecule has 1 heterocycles. The minimum absolute atomic E-state index is 0.190. The molecule has 0 radical (unpaired) electrons. The Balaban J connectivity index is 0.000000461. The van der Waals surface area contributed by atoms with Crippen molar-refractivity contribution in [2.75, 3.05) is 13.2 Å². The molecular formula is C9H19FO. The van der Waals surface area contributed by atoms with Gasteiger partial charge in [0.15, 0.2) is 0 Å². The van der Waals surface area contributed by atoms with Crippen LogP contribution in [0.3, 0.4) is 0 Å². The van der Waals surface area contributed by atoms with Gasteiger partial charge in [0.05, 0.1) is 6.61 Å². The molecule has 1 rings (SSSR count). The van der Waals surface area contributed by atoms with Gasteiger partial charge in [0.1, 0.15) is 6.17 Å². The minimum Gasteiger partial charge on any atom is -0.381 e. The lowest BCUT2D eigenvalue weighted by molar-refractivity contribution is 0.153. The van der Waals surface area contributed by atoms with Gasteiger partial charge in [0, 0.05) is 12.5 Å². The van der Waals surface area contributed by atoms with Crippen molar-refractivity contribution in [3.63, 3.8) is 0 Å². The molecular weight excluding hydrogens is 143 g/mol. The largest absolute Gasteiger partial charge is 0.381 e. The van der Waals surface area contributed by atoms with Gasteiger partial charge in [-0.2, -0.15) is 0 Å². The standard InChI is InChI=1S/C7H13FO.C2H6/c1-2-7(8)6-3-4-9-5-6;1-2/h6-7H,2-5H2,1H3;1-2H3. The maximum atomic E-state index is 12.8. The van der Waals surface area contributed by atoms with Gasteiger partial charge in [-0.05, 0) is 12.8 Å². The van der Waals surface area contributed by atoms with Crippen LogP contribution in [0.2, 0.25) is 0 Å². The van der Waals surface area contributed by atoms with Crippen molar-refractivity contribution in [1.29, 1.82) is 0 Å². The van der Waals surface area contributed by atoms with Gasteiger partial charge in [-0.1, -0.05) is 20.8 Å². The van der Waals surface area contributed by atoms with Crippen LogP contribution in [0.25, 0.3) is 0 Å². The molecule has 0 amide bonds. The van der Waals surface area contributed by atoms with Crippen molar-refractivity contribution < 1.29 is 9.13 Å². The second-order valence-electron chi connectivity index (χ2n) is 2.55. The minimum atomic E-state index is -0.632. The SMILES string of the molecule is CC.CCC(F)C1CCOC1. The highest BCUT2D eigenvalue weighted by Gasteiger charge is 2.23. The van der Waals surface area contributed by atoms with Crippen LogP contribution in [0, 0.1) is 5.92 Å². The summed E-state index contributed by atoms with van der Waals surface area (Å²) in [5.41, 5.74) is 0. The Hall–Kier alpha value is -0.110. The van der Waals surface area contributed by atoms with Crippen molar-refractivity contribution >= 4 is 0 Å². The van der Waals surface area contributed by atoms with Crippen LogP contribution in [0.15, 0.2) is 0 Å². The molecule has 0 aromatic carbocycles. The van der Waals surface area contributed by atoms with Gasteiger partial charge in [0.2, 0.25) is 0 Å². The summed E-state index contributed by atoms with van der Waals surface area (Å²) in [5, 5.41) is 0. The lowest BCUT2D eigenvalue weighted by Gasteiger charge is -2.09. The Labute approximate surface area is 68.9 Å². The van der Waals surface area contributed by atoms with E-state index in [0.29, 0.717) is 13.0 Å². The molecule has 0 bridgehead atoms. The Morgan fingerprint density at radius 3 is 2.55 bits per heavy atom. The van der Waals surface area contributed by atoms with Crippen LogP contribution in [-0.4, -0.2) is 19.4 Å². The number of halogens is 1. The van der Waals surface area contributed by atoms with Crippen LogP contribution in [0.1, 0.15) is 33.6 Å². The first kappa shape index (κ1) is 10.9. The molecule has 2 heteroatoms. The Morgan fingerprint density at radius 1 is 1.55 bits per heavy atom. The van der Waals surface area contributed by atoms with Gasteiger partial charge in [-0.25, -0.2) is 4.39 Å². The fourth-order valence-corrected chi connectivity index (χ4v) is 1.17. The molecule has 11 heavy (non-hydrogen) atoms. The molecule has 0 aromatic heterocycles. The number of hydrogen-bond acceptors (Lipinski definition) is 1. The van der Waals surface area contributed by atoms with Crippen LogP contribution in [0.5, 0.6) is 0 Å². The summed E-state index contributed by atoms with van der Waals surface area (Å²) in [7, 11) is 0. The van der Waals surface area contributed by atoms with E-state index in [1.165, 1.54) is 0 Å². The smallest absolute Gasteiger partial charge is 0.105 e. The first-order chi connectivity index (χ1) is 5.34. The van der Waals surface area contributed by atoms with Crippen molar-refractivity contribution in [2.45, 2.75) is 39.8 Å². The first-order valence-electron chi connectivity index (χ1n) is 4.56. The van der Waals surface area contributed by atoms with Crippen LogP contribution < -0.4 is 0 Å². The topological polar surface area (TPSA) is 9.23 Å². The molecule has 0 N–H and O–H groups in total. The third-order valence-electron chi connectivity index (χ3n) is 1.87. The molecule has 0 saturated carbocycles. The van der Waals surface area contributed by atoms with E-state index < -0.39 is 6.17 Å². The average molecular weight is 162 g/mol. The summed E-state index contributed by atoms with van der Waals surface area (Å²) in [6.07, 6.45) is 0.913. The zero-order valence-corrected chi connectivity index (χ0v) is 7.77. The van der Waals surface area contributed by atoms with Crippen molar-refractivity contribution in [3.05, 3.63) is 0 Å². The number of ether oxygens (including phenoxy) is 1. The Bertz CT molecular complexity index is 79.6. The zero-order valence-electron chi connectivity index (χ0n) is 7.77. The van der Waals surface area contributed by atoms with E-state index in [0.717, 1.165) is 13.0 Å². The fraction of sp³-hybridized carbons (Fsp3) is 1.00. The summed E-state index contributed by atoms with van der Waals surface area (Å²) >= 11 is 0. The third-order valence-corrected chi connectivity index (χ3v) is 1.87. The highest BCUT2D eigenvalue weighted by molar-refractivity contribution is 4.71.